The van der Waals surface area contributed by atoms with Gasteiger partial charge in [-0.25, -0.2) is 0 Å². The summed E-state index contributed by atoms with van der Waals surface area (Å²) >= 11 is 0. The number of nitrogens with one attached hydrogen (secondary N) is 2. The first-order chi connectivity index (χ1) is 17.6. The van der Waals surface area contributed by atoms with Crippen molar-refractivity contribution in [2.24, 2.45) is 11.3 Å². The molecule has 2 fully saturated rings. The molecule has 1 saturated heterocycles. The molecule has 1 atom stereocenters. The molecular formula is C28H35F2N3O4. The molecule has 0 aromatic heterocycles. The van der Waals surface area contributed by atoms with Gasteiger partial charge in [0, 0.05) is 23.3 Å². The lowest BCUT2D eigenvalue weighted by Crippen LogP contribution is -2.39. The minimum absolute atomic E-state index is 0.0252. The second kappa shape index (κ2) is 11.5. The molecule has 1 heterocycles. The summed E-state index contributed by atoms with van der Waals surface area (Å²) in [5.41, 5.74) is 1.68. The van der Waals surface area contributed by atoms with Crippen LogP contribution in [0.3, 0.4) is 0 Å². The van der Waals surface area contributed by atoms with Gasteiger partial charge in [-0.3, -0.25) is 14.5 Å². The van der Waals surface area contributed by atoms with E-state index in [9.17, 15) is 18.4 Å². The standard InChI is InChI=1S/C28H35F2N3O4/c1-28(2,3)26(35)32-21-11-9-20(10-12-21)31-25(34)22-5-4-14-33(22)16-19-8-13-23(37-27(29)30)24(15-19)36-17-18-6-7-18/h8-13,15,18,22,27H,4-7,14,16-17H2,1-3H3,(H,31,34)(H,32,35)/t22-/m0/s1. The van der Waals surface area contributed by atoms with Crippen molar-refractivity contribution in [3.05, 3.63) is 48.0 Å². The minimum Gasteiger partial charge on any atom is -0.489 e. The summed E-state index contributed by atoms with van der Waals surface area (Å²) in [6, 6.07) is 11.7. The Hall–Kier alpha value is -3.20. The maximum Gasteiger partial charge on any atom is 0.387 e. The van der Waals surface area contributed by atoms with E-state index >= 15 is 0 Å². The number of likely N-dealkylation sites (tertiary alicyclic amines) is 1. The zero-order valence-electron chi connectivity index (χ0n) is 21.6. The van der Waals surface area contributed by atoms with Gasteiger partial charge >= 0.3 is 6.61 Å². The highest BCUT2D eigenvalue weighted by molar-refractivity contribution is 5.96. The Balaban J connectivity index is 1.37. The molecule has 2 aliphatic rings. The van der Waals surface area contributed by atoms with E-state index in [0.29, 0.717) is 36.2 Å². The van der Waals surface area contributed by atoms with E-state index in [4.69, 9.17) is 4.74 Å². The van der Waals surface area contributed by atoms with Crippen LogP contribution in [0.4, 0.5) is 20.2 Å². The molecule has 2 amide bonds. The molecule has 2 aromatic rings. The molecule has 0 radical (unpaired) electrons. The normalized spacial score (nSPS) is 18.1. The van der Waals surface area contributed by atoms with Crippen LogP contribution in [-0.2, 0) is 16.1 Å². The molecule has 0 spiro atoms. The molecule has 2 aromatic carbocycles. The lowest BCUT2D eigenvalue weighted by atomic mass is 9.95. The van der Waals surface area contributed by atoms with Gasteiger partial charge in [-0.15, -0.1) is 0 Å². The van der Waals surface area contributed by atoms with E-state index in [1.165, 1.54) is 6.07 Å². The fourth-order valence-corrected chi connectivity index (χ4v) is 4.18. The van der Waals surface area contributed by atoms with Crippen molar-refractivity contribution in [1.29, 1.82) is 0 Å². The SMILES string of the molecule is CC(C)(C)C(=O)Nc1ccc(NC(=O)[C@@H]2CCCN2Cc2ccc(OC(F)F)c(OCC3CC3)c2)cc1. The van der Waals surface area contributed by atoms with Crippen molar-refractivity contribution in [3.63, 3.8) is 0 Å². The first-order valence-electron chi connectivity index (χ1n) is 12.8. The van der Waals surface area contributed by atoms with Crippen LogP contribution in [0.5, 0.6) is 11.5 Å². The Kier molecular flexibility index (Phi) is 8.32. The smallest absolute Gasteiger partial charge is 0.387 e. The molecule has 1 saturated carbocycles. The maximum atomic E-state index is 13.1. The Morgan fingerprint density at radius 2 is 1.68 bits per heavy atom. The van der Waals surface area contributed by atoms with Crippen LogP contribution in [0.1, 0.15) is 52.0 Å². The number of amides is 2. The summed E-state index contributed by atoms with van der Waals surface area (Å²) in [7, 11) is 0. The van der Waals surface area contributed by atoms with Gasteiger partial charge in [0.1, 0.15) is 0 Å². The van der Waals surface area contributed by atoms with Crippen LogP contribution in [0, 0.1) is 11.3 Å². The van der Waals surface area contributed by atoms with Crippen LogP contribution in [0.25, 0.3) is 0 Å². The van der Waals surface area contributed by atoms with Gasteiger partial charge in [-0.05, 0) is 80.1 Å². The Morgan fingerprint density at radius 1 is 1.00 bits per heavy atom. The van der Waals surface area contributed by atoms with Crippen LogP contribution in [-0.4, -0.2) is 42.5 Å². The van der Waals surface area contributed by atoms with E-state index in [0.717, 1.165) is 37.8 Å². The Labute approximate surface area is 216 Å². The van der Waals surface area contributed by atoms with Gasteiger partial charge in [-0.1, -0.05) is 26.8 Å². The fourth-order valence-electron chi connectivity index (χ4n) is 4.18. The lowest BCUT2D eigenvalue weighted by Gasteiger charge is -2.24. The zero-order chi connectivity index (χ0) is 26.6. The van der Waals surface area contributed by atoms with Gasteiger partial charge in [0.05, 0.1) is 12.6 Å². The van der Waals surface area contributed by atoms with Crippen LogP contribution >= 0.6 is 0 Å². The second-order valence-corrected chi connectivity index (χ2v) is 10.8. The number of carbonyl (C=O) groups excluding carboxylic acids is 2. The topological polar surface area (TPSA) is 79.9 Å². The largest absolute Gasteiger partial charge is 0.489 e. The summed E-state index contributed by atoms with van der Waals surface area (Å²) in [6.45, 7) is 4.34. The van der Waals surface area contributed by atoms with E-state index in [2.05, 4.69) is 20.3 Å². The van der Waals surface area contributed by atoms with Crippen molar-refractivity contribution in [2.45, 2.75) is 65.7 Å². The number of rotatable bonds is 10. The van der Waals surface area contributed by atoms with Crippen molar-refractivity contribution in [2.75, 3.05) is 23.8 Å². The van der Waals surface area contributed by atoms with Crippen LogP contribution < -0.4 is 20.1 Å². The van der Waals surface area contributed by atoms with Crippen molar-refractivity contribution in [3.8, 4) is 11.5 Å². The van der Waals surface area contributed by atoms with Gasteiger partial charge in [0.15, 0.2) is 11.5 Å². The lowest BCUT2D eigenvalue weighted by molar-refractivity contribution is -0.123. The Bertz CT molecular complexity index is 1100. The molecule has 0 unspecified atom stereocenters. The fraction of sp³-hybridized carbons (Fsp3) is 0.500. The molecular weight excluding hydrogens is 480 g/mol. The number of hydrogen-bond donors (Lipinski definition) is 2. The van der Waals surface area contributed by atoms with Gasteiger partial charge in [0.2, 0.25) is 11.8 Å². The highest BCUT2D eigenvalue weighted by Gasteiger charge is 2.31. The summed E-state index contributed by atoms with van der Waals surface area (Å²) < 4.78 is 36.1. The highest BCUT2D eigenvalue weighted by atomic mass is 19.3. The molecule has 37 heavy (non-hydrogen) atoms. The zero-order valence-corrected chi connectivity index (χ0v) is 21.6. The summed E-state index contributed by atoms with van der Waals surface area (Å²) in [6.07, 6.45) is 3.78. The van der Waals surface area contributed by atoms with Crippen molar-refractivity contribution < 1.29 is 27.8 Å². The third-order valence-corrected chi connectivity index (χ3v) is 6.54. The van der Waals surface area contributed by atoms with Crippen molar-refractivity contribution in [1.82, 2.24) is 4.90 Å². The van der Waals surface area contributed by atoms with E-state index in [1.54, 1.807) is 36.4 Å². The molecule has 7 nitrogen and oxygen atoms in total. The Morgan fingerprint density at radius 3 is 2.30 bits per heavy atom. The second-order valence-electron chi connectivity index (χ2n) is 10.8. The van der Waals surface area contributed by atoms with Gasteiger partial charge in [0.25, 0.3) is 0 Å². The third kappa shape index (κ3) is 7.64. The summed E-state index contributed by atoms with van der Waals surface area (Å²) in [5.74, 6) is 0.618. The summed E-state index contributed by atoms with van der Waals surface area (Å²) in [5, 5.41) is 5.84. The molecule has 9 heteroatoms. The molecule has 0 bridgehead atoms. The van der Waals surface area contributed by atoms with E-state index in [1.807, 2.05) is 20.8 Å². The average Bonchev–Trinajstić information content (AvgIpc) is 3.55. The molecule has 1 aliphatic heterocycles. The minimum atomic E-state index is -2.93. The number of hydrogen-bond acceptors (Lipinski definition) is 5. The van der Waals surface area contributed by atoms with Gasteiger partial charge in [-0.2, -0.15) is 8.78 Å². The predicted octanol–water partition coefficient (Wildman–Crippen LogP) is 5.66. The first kappa shape index (κ1) is 26.9. The van der Waals surface area contributed by atoms with E-state index < -0.39 is 12.0 Å². The predicted molar refractivity (Wildman–Crippen MR) is 138 cm³/mol. The molecule has 2 N–H and O–H groups in total. The number of benzene rings is 2. The molecule has 1 aliphatic carbocycles. The maximum absolute atomic E-state index is 13.1. The van der Waals surface area contributed by atoms with Crippen LogP contribution in [0.15, 0.2) is 42.5 Å². The third-order valence-electron chi connectivity index (χ3n) is 6.54. The number of nitrogens with zero attached hydrogens (tertiary/aromatic N) is 1. The quantitative estimate of drug-likeness (QED) is 0.427. The first-order valence-corrected chi connectivity index (χ1v) is 12.8. The summed E-state index contributed by atoms with van der Waals surface area (Å²) in [4.78, 5) is 27.3. The number of ether oxygens (including phenoxy) is 2. The monoisotopic (exact) mass is 515 g/mol. The number of carbonyl (C=O) groups is 2. The average molecular weight is 516 g/mol. The molecule has 4 rings (SSSR count). The van der Waals surface area contributed by atoms with Crippen LogP contribution in [0.2, 0.25) is 0 Å². The van der Waals surface area contributed by atoms with E-state index in [-0.39, 0.29) is 23.6 Å². The highest BCUT2D eigenvalue weighted by Crippen LogP contribution is 2.35. The number of halogens is 2. The van der Waals surface area contributed by atoms with Crippen molar-refractivity contribution >= 4 is 23.2 Å². The number of alkyl halides is 2. The molecule has 200 valence electrons. The van der Waals surface area contributed by atoms with Gasteiger partial charge < -0.3 is 20.1 Å². The number of anilines is 2.